The third-order valence-electron chi connectivity index (χ3n) is 3.40. The van der Waals surface area contributed by atoms with E-state index in [4.69, 9.17) is 20.1 Å². The molecule has 0 aromatic heterocycles. The minimum atomic E-state index is -1.14. The standard InChI is InChI=1S/C12H21N3O6/c1-7-10(18)11(19)8(6-14-15-13)21-12(7)20-5-3-2-4-9(16)17/h7-8,10-12,18-19H,2-6H2,1H3,(H,16,17)/t7?,8?,10-,11+,12+/m1/s1. The molecule has 3 N–H and O–H groups in total. The van der Waals surface area contributed by atoms with E-state index in [1.165, 1.54) is 0 Å². The van der Waals surface area contributed by atoms with E-state index in [2.05, 4.69) is 10.0 Å². The number of aliphatic hydroxyl groups is 2. The Hall–Kier alpha value is -1.38. The molecule has 1 saturated heterocycles. The van der Waals surface area contributed by atoms with Gasteiger partial charge in [-0.25, -0.2) is 0 Å². The van der Waals surface area contributed by atoms with Gasteiger partial charge in [0.2, 0.25) is 0 Å². The molecule has 0 radical (unpaired) electrons. The van der Waals surface area contributed by atoms with Gasteiger partial charge in [0.1, 0.15) is 6.10 Å². The molecule has 0 spiro atoms. The Morgan fingerprint density at radius 2 is 2.10 bits per heavy atom. The number of hydrogen-bond acceptors (Lipinski definition) is 6. The smallest absolute Gasteiger partial charge is 0.303 e. The Bertz CT molecular complexity index is 387. The lowest BCUT2D eigenvalue weighted by Crippen LogP contribution is -2.55. The molecule has 0 aromatic rings. The molecule has 0 aromatic carbocycles. The van der Waals surface area contributed by atoms with E-state index in [0.29, 0.717) is 19.4 Å². The van der Waals surface area contributed by atoms with Crippen molar-refractivity contribution in [1.29, 1.82) is 0 Å². The van der Waals surface area contributed by atoms with Crippen LogP contribution in [0.15, 0.2) is 5.11 Å². The first kappa shape index (κ1) is 17.7. The van der Waals surface area contributed by atoms with Gasteiger partial charge in [-0.1, -0.05) is 12.0 Å². The molecule has 0 amide bonds. The molecule has 9 heteroatoms. The number of azide groups is 1. The van der Waals surface area contributed by atoms with Gasteiger partial charge in [0.15, 0.2) is 6.29 Å². The molecule has 1 aliphatic rings. The average Bonchev–Trinajstić information content (AvgIpc) is 2.45. The van der Waals surface area contributed by atoms with Gasteiger partial charge in [0.05, 0.1) is 18.8 Å². The zero-order valence-corrected chi connectivity index (χ0v) is 11.8. The van der Waals surface area contributed by atoms with Crippen LogP contribution >= 0.6 is 0 Å². The molecule has 21 heavy (non-hydrogen) atoms. The molecule has 1 aliphatic heterocycles. The summed E-state index contributed by atoms with van der Waals surface area (Å²) in [7, 11) is 0. The van der Waals surface area contributed by atoms with Crippen LogP contribution in [0, 0.1) is 5.92 Å². The van der Waals surface area contributed by atoms with E-state index >= 15 is 0 Å². The van der Waals surface area contributed by atoms with Crippen molar-refractivity contribution >= 4 is 5.97 Å². The summed E-state index contributed by atoms with van der Waals surface area (Å²) in [5, 5.41) is 31.6. The first-order chi connectivity index (χ1) is 9.97. The number of unbranched alkanes of at least 4 members (excludes halogenated alkanes) is 1. The topological polar surface area (TPSA) is 145 Å². The number of nitrogens with zero attached hydrogens (tertiary/aromatic N) is 3. The van der Waals surface area contributed by atoms with Crippen LogP contribution in [-0.2, 0) is 14.3 Å². The predicted molar refractivity (Wildman–Crippen MR) is 71.3 cm³/mol. The second kappa shape index (κ2) is 8.81. The van der Waals surface area contributed by atoms with Crippen molar-refractivity contribution in [1.82, 2.24) is 0 Å². The summed E-state index contributed by atoms with van der Waals surface area (Å²) in [5.41, 5.74) is 8.29. The fraction of sp³-hybridized carbons (Fsp3) is 0.917. The molecule has 1 heterocycles. The van der Waals surface area contributed by atoms with E-state index in [1.54, 1.807) is 6.92 Å². The normalized spacial score (nSPS) is 32.4. The number of carbonyl (C=O) groups is 1. The van der Waals surface area contributed by atoms with Crippen molar-refractivity contribution in [2.45, 2.75) is 50.8 Å². The van der Waals surface area contributed by atoms with Crippen molar-refractivity contribution in [2.75, 3.05) is 13.2 Å². The summed E-state index contributed by atoms with van der Waals surface area (Å²) < 4.78 is 11.0. The number of hydrogen-bond donors (Lipinski definition) is 3. The SMILES string of the molecule is CC1[C@@H](OCCCCC(=O)O)OC(CN=[N+]=[N-])[C@H](O)[C@@H]1O. The quantitative estimate of drug-likeness (QED) is 0.260. The van der Waals surface area contributed by atoms with Crippen LogP contribution in [0.4, 0.5) is 0 Å². The average molecular weight is 303 g/mol. The van der Waals surface area contributed by atoms with E-state index in [1.807, 2.05) is 0 Å². The van der Waals surface area contributed by atoms with Crippen LogP contribution in [0.3, 0.4) is 0 Å². The largest absolute Gasteiger partial charge is 0.481 e. The summed E-state index contributed by atoms with van der Waals surface area (Å²) in [5.74, 6) is -1.30. The first-order valence-corrected chi connectivity index (χ1v) is 6.83. The Kier molecular flexibility index (Phi) is 7.41. The van der Waals surface area contributed by atoms with E-state index in [-0.39, 0.29) is 13.0 Å². The van der Waals surface area contributed by atoms with Crippen LogP contribution < -0.4 is 0 Å². The molecule has 120 valence electrons. The Balaban J connectivity index is 2.44. The molecular weight excluding hydrogens is 282 g/mol. The van der Waals surface area contributed by atoms with Crippen LogP contribution in [0.5, 0.6) is 0 Å². The summed E-state index contributed by atoms with van der Waals surface area (Å²) >= 11 is 0. The van der Waals surface area contributed by atoms with Crippen LogP contribution in [0.2, 0.25) is 0 Å². The maximum absolute atomic E-state index is 10.4. The summed E-state index contributed by atoms with van der Waals surface area (Å²) in [4.78, 5) is 13.0. The highest BCUT2D eigenvalue weighted by atomic mass is 16.7. The van der Waals surface area contributed by atoms with Gasteiger partial charge in [0.25, 0.3) is 0 Å². The summed E-state index contributed by atoms with van der Waals surface area (Å²) in [6, 6.07) is 0. The van der Waals surface area contributed by atoms with Crippen LogP contribution in [0.25, 0.3) is 10.4 Å². The van der Waals surface area contributed by atoms with Crippen LogP contribution in [0.1, 0.15) is 26.2 Å². The molecule has 0 aliphatic carbocycles. The molecular formula is C12H21N3O6. The highest BCUT2D eigenvalue weighted by Gasteiger charge is 2.42. The van der Waals surface area contributed by atoms with Crippen molar-refractivity contribution in [3.8, 4) is 0 Å². The lowest BCUT2D eigenvalue weighted by atomic mass is 9.92. The minimum Gasteiger partial charge on any atom is -0.481 e. The second-order valence-electron chi connectivity index (χ2n) is 5.02. The molecule has 0 bridgehead atoms. The van der Waals surface area contributed by atoms with Crippen LogP contribution in [-0.4, -0.2) is 59.0 Å². The lowest BCUT2D eigenvalue weighted by Gasteiger charge is -2.40. The molecule has 1 rings (SSSR count). The van der Waals surface area contributed by atoms with E-state index < -0.39 is 36.5 Å². The monoisotopic (exact) mass is 303 g/mol. The maximum atomic E-state index is 10.4. The van der Waals surface area contributed by atoms with E-state index in [9.17, 15) is 15.0 Å². The third kappa shape index (κ3) is 5.49. The molecule has 5 atom stereocenters. The van der Waals surface area contributed by atoms with Gasteiger partial charge < -0.3 is 24.8 Å². The summed E-state index contributed by atoms with van der Waals surface area (Å²) in [6.45, 7) is 1.87. The van der Waals surface area contributed by atoms with Crippen molar-refractivity contribution in [3.63, 3.8) is 0 Å². The van der Waals surface area contributed by atoms with Gasteiger partial charge in [-0.3, -0.25) is 4.79 Å². The van der Waals surface area contributed by atoms with E-state index in [0.717, 1.165) is 0 Å². The minimum absolute atomic E-state index is 0.0747. The van der Waals surface area contributed by atoms with Crippen molar-refractivity contribution < 1.29 is 29.6 Å². The fourth-order valence-corrected chi connectivity index (χ4v) is 2.11. The molecule has 9 nitrogen and oxygen atoms in total. The Morgan fingerprint density at radius 1 is 1.38 bits per heavy atom. The lowest BCUT2D eigenvalue weighted by molar-refractivity contribution is -0.274. The van der Waals surface area contributed by atoms with Gasteiger partial charge in [0, 0.05) is 23.9 Å². The van der Waals surface area contributed by atoms with Gasteiger partial charge >= 0.3 is 5.97 Å². The van der Waals surface area contributed by atoms with Gasteiger partial charge in [-0.2, -0.15) is 0 Å². The Morgan fingerprint density at radius 3 is 2.71 bits per heavy atom. The fourth-order valence-electron chi connectivity index (χ4n) is 2.11. The highest BCUT2D eigenvalue weighted by molar-refractivity contribution is 5.66. The Labute approximate surface area is 122 Å². The molecule has 0 saturated carbocycles. The number of aliphatic carboxylic acids is 1. The van der Waals surface area contributed by atoms with Gasteiger partial charge in [-0.15, -0.1) is 0 Å². The summed E-state index contributed by atoms with van der Waals surface area (Å²) in [6.07, 6.45) is -2.62. The zero-order valence-electron chi connectivity index (χ0n) is 11.8. The maximum Gasteiger partial charge on any atom is 0.303 e. The van der Waals surface area contributed by atoms with Gasteiger partial charge in [-0.05, 0) is 18.4 Å². The molecule has 2 unspecified atom stereocenters. The van der Waals surface area contributed by atoms with Crippen molar-refractivity contribution in [2.24, 2.45) is 11.0 Å². The second-order valence-corrected chi connectivity index (χ2v) is 5.02. The number of carboxylic acids is 1. The first-order valence-electron chi connectivity index (χ1n) is 6.83. The number of ether oxygens (including phenoxy) is 2. The highest BCUT2D eigenvalue weighted by Crippen LogP contribution is 2.27. The van der Waals surface area contributed by atoms with Crippen molar-refractivity contribution in [3.05, 3.63) is 10.4 Å². The predicted octanol–water partition coefficient (Wildman–Crippen LogP) is 0.651. The zero-order chi connectivity index (χ0) is 15.8. The number of aliphatic hydroxyl groups excluding tert-OH is 2. The number of rotatable bonds is 8. The molecule has 1 fully saturated rings. The third-order valence-corrected chi connectivity index (χ3v) is 3.40. The number of carboxylic acid groups (broad SMARTS) is 1.